The first-order valence-electron chi connectivity index (χ1n) is 20.5. The second-order valence-electron chi connectivity index (χ2n) is 15.3. The van der Waals surface area contributed by atoms with Crippen molar-refractivity contribution in [3.8, 4) is 55.6 Å². The van der Waals surface area contributed by atoms with Gasteiger partial charge in [-0.2, -0.15) is 0 Å². The molecule has 1 nitrogen and oxygen atoms in total. The Morgan fingerprint density at radius 2 is 0.833 bits per heavy atom. The van der Waals surface area contributed by atoms with Gasteiger partial charge in [0, 0.05) is 37.1 Å². The summed E-state index contributed by atoms with van der Waals surface area (Å²) in [5.41, 5.74) is 15.2. The van der Waals surface area contributed by atoms with E-state index in [-0.39, 0.29) is 0 Å². The highest BCUT2D eigenvalue weighted by molar-refractivity contribution is 7.26. The van der Waals surface area contributed by atoms with Crippen LogP contribution in [-0.2, 0) is 0 Å². The molecular formula is C58H39NS. The molecule has 10 aromatic carbocycles. The van der Waals surface area contributed by atoms with Gasteiger partial charge in [0.15, 0.2) is 0 Å². The third-order valence-electron chi connectivity index (χ3n) is 11.7. The van der Waals surface area contributed by atoms with Gasteiger partial charge < -0.3 is 4.90 Å². The van der Waals surface area contributed by atoms with Gasteiger partial charge in [0.1, 0.15) is 0 Å². The third-order valence-corrected chi connectivity index (χ3v) is 12.9. The Hall–Kier alpha value is -7.52. The van der Waals surface area contributed by atoms with Crippen LogP contribution in [0.4, 0.5) is 17.1 Å². The first-order chi connectivity index (χ1) is 29.7. The molecule has 282 valence electrons. The molecule has 0 atom stereocenters. The van der Waals surface area contributed by atoms with Gasteiger partial charge in [0.25, 0.3) is 0 Å². The van der Waals surface area contributed by atoms with Crippen LogP contribution in [0.1, 0.15) is 0 Å². The highest BCUT2D eigenvalue weighted by Crippen LogP contribution is 2.46. The molecule has 0 fully saturated rings. The smallest absolute Gasteiger partial charge is 0.0546 e. The van der Waals surface area contributed by atoms with Gasteiger partial charge in [-0.25, -0.2) is 0 Å². The highest BCUT2D eigenvalue weighted by Gasteiger charge is 2.20. The Morgan fingerprint density at radius 1 is 0.283 bits per heavy atom. The van der Waals surface area contributed by atoms with E-state index in [0.29, 0.717) is 0 Å². The minimum Gasteiger partial charge on any atom is -0.310 e. The predicted molar refractivity (Wildman–Crippen MR) is 259 cm³/mol. The summed E-state index contributed by atoms with van der Waals surface area (Å²) >= 11 is 1.88. The first kappa shape index (κ1) is 35.6. The fraction of sp³-hybridized carbons (Fsp3) is 0. The second kappa shape index (κ2) is 15.3. The molecule has 1 heterocycles. The largest absolute Gasteiger partial charge is 0.310 e. The normalized spacial score (nSPS) is 11.3. The average molecular weight is 782 g/mol. The third kappa shape index (κ3) is 6.63. The lowest BCUT2D eigenvalue weighted by Gasteiger charge is -2.29. The summed E-state index contributed by atoms with van der Waals surface area (Å²) in [6.45, 7) is 0. The Labute approximate surface area is 354 Å². The molecule has 0 N–H and O–H groups in total. The molecule has 0 aliphatic rings. The maximum Gasteiger partial charge on any atom is 0.0546 e. The van der Waals surface area contributed by atoms with Crippen molar-refractivity contribution < 1.29 is 0 Å². The van der Waals surface area contributed by atoms with Crippen LogP contribution in [0.3, 0.4) is 0 Å². The van der Waals surface area contributed by atoms with Gasteiger partial charge in [0.05, 0.1) is 5.69 Å². The van der Waals surface area contributed by atoms with Gasteiger partial charge in [-0.1, -0.05) is 194 Å². The summed E-state index contributed by atoms with van der Waals surface area (Å²) in [7, 11) is 0. The second-order valence-corrected chi connectivity index (χ2v) is 16.4. The summed E-state index contributed by atoms with van der Waals surface area (Å²) in [5, 5.41) is 5.09. The van der Waals surface area contributed by atoms with Crippen molar-refractivity contribution in [3.63, 3.8) is 0 Å². The average Bonchev–Trinajstić information content (AvgIpc) is 3.72. The Bertz CT molecular complexity index is 3290. The zero-order chi connectivity index (χ0) is 39.8. The van der Waals surface area contributed by atoms with Crippen molar-refractivity contribution in [3.05, 3.63) is 237 Å². The molecule has 60 heavy (non-hydrogen) atoms. The Balaban J connectivity index is 1.08. The summed E-state index contributed by atoms with van der Waals surface area (Å²) in [5.74, 6) is 0. The number of thiophene rings is 1. The number of anilines is 3. The molecule has 0 radical (unpaired) electrons. The lowest BCUT2D eigenvalue weighted by molar-refractivity contribution is 1.28. The van der Waals surface area contributed by atoms with Crippen LogP contribution in [0.25, 0.3) is 86.6 Å². The maximum atomic E-state index is 2.45. The topological polar surface area (TPSA) is 3.24 Å². The molecule has 11 aromatic rings. The van der Waals surface area contributed by atoms with Crippen molar-refractivity contribution in [2.75, 3.05) is 4.90 Å². The van der Waals surface area contributed by atoms with E-state index in [1.807, 2.05) is 11.3 Å². The Morgan fingerprint density at radius 3 is 1.60 bits per heavy atom. The zero-order valence-electron chi connectivity index (χ0n) is 32.9. The summed E-state index contributed by atoms with van der Waals surface area (Å²) in [6, 6.07) is 86.2. The van der Waals surface area contributed by atoms with Gasteiger partial charge in [0.2, 0.25) is 0 Å². The minimum absolute atomic E-state index is 1.09. The summed E-state index contributed by atoms with van der Waals surface area (Å²) in [6.07, 6.45) is 0. The Kier molecular flexibility index (Phi) is 9.11. The van der Waals surface area contributed by atoms with E-state index < -0.39 is 0 Å². The van der Waals surface area contributed by atoms with Gasteiger partial charge in [-0.3, -0.25) is 0 Å². The fourth-order valence-corrected chi connectivity index (χ4v) is 9.87. The number of hydrogen-bond acceptors (Lipinski definition) is 2. The van der Waals surface area contributed by atoms with Gasteiger partial charge >= 0.3 is 0 Å². The van der Waals surface area contributed by atoms with E-state index in [9.17, 15) is 0 Å². The van der Waals surface area contributed by atoms with Crippen LogP contribution in [0.15, 0.2) is 237 Å². The predicted octanol–water partition coefficient (Wildman–Crippen LogP) is 17.0. The molecule has 2 heteroatoms. The molecule has 0 aliphatic carbocycles. The number of rotatable bonds is 8. The first-order valence-corrected chi connectivity index (χ1v) is 21.3. The number of hydrogen-bond donors (Lipinski definition) is 0. The quantitative estimate of drug-likeness (QED) is 0.148. The number of nitrogens with zero attached hydrogens (tertiary/aromatic N) is 1. The van der Waals surface area contributed by atoms with E-state index in [4.69, 9.17) is 0 Å². The minimum atomic E-state index is 1.09. The van der Waals surface area contributed by atoms with Crippen molar-refractivity contribution in [2.45, 2.75) is 0 Å². The van der Waals surface area contributed by atoms with Crippen LogP contribution >= 0.6 is 11.3 Å². The monoisotopic (exact) mass is 781 g/mol. The van der Waals surface area contributed by atoms with Crippen molar-refractivity contribution in [1.29, 1.82) is 0 Å². The van der Waals surface area contributed by atoms with Gasteiger partial charge in [-0.15, -0.1) is 11.3 Å². The van der Waals surface area contributed by atoms with Crippen LogP contribution < -0.4 is 4.90 Å². The molecule has 0 saturated heterocycles. The van der Waals surface area contributed by atoms with Crippen LogP contribution in [0.2, 0.25) is 0 Å². The lowest BCUT2D eigenvalue weighted by Crippen LogP contribution is -2.11. The summed E-state index contributed by atoms with van der Waals surface area (Å²) in [4.78, 5) is 2.45. The van der Waals surface area contributed by atoms with E-state index in [0.717, 1.165) is 22.6 Å². The molecule has 0 spiro atoms. The number of fused-ring (bicyclic) bond motifs is 4. The molecule has 0 aliphatic heterocycles. The number of benzene rings is 10. The lowest BCUT2D eigenvalue weighted by atomic mass is 9.95. The van der Waals surface area contributed by atoms with Crippen LogP contribution in [0.5, 0.6) is 0 Å². The van der Waals surface area contributed by atoms with Gasteiger partial charge in [-0.05, 0) is 103 Å². The maximum absolute atomic E-state index is 2.45. The molecule has 0 saturated carbocycles. The van der Waals surface area contributed by atoms with Crippen molar-refractivity contribution in [1.82, 2.24) is 0 Å². The van der Waals surface area contributed by atoms with E-state index >= 15 is 0 Å². The van der Waals surface area contributed by atoms with Crippen molar-refractivity contribution >= 4 is 59.3 Å². The molecule has 0 amide bonds. The van der Waals surface area contributed by atoms with E-state index in [1.165, 1.54) is 81.0 Å². The molecule has 1 aromatic heterocycles. The molecule has 0 unspecified atom stereocenters. The fourth-order valence-electron chi connectivity index (χ4n) is 8.63. The van der Waals surface area contributed by atoms with Crippen LogP contribution in [0, 0.1) is 0 Å². The van der Waals surface area contributed by atoms with Crippen molar-refractivity contribution in [2.24, 2.45) is 0 Å². The van der Waals surface area contributed by atoms with E-state index in [1.54, 1.807) is 0 Å². The molecular weight excluding hydrogens is 743 g/mol. The molecule has 11 rings (SSSR count). The van der Waals surface area contributed by atoms with Crippen LogP contribution in [-0.4, -0.2) is 0 Å². The zero-order valence-corrected chi connectivity index (χ0v) is 33.7. The standard InChI is InChI=1S/C58H39NS/c1-3-13-40(14-4-1)42-25-27-43(28-26-42)44-31-34-50(35-32-44)59(51-20-11-19-49(38-51)53-22-12-23-55-54-21-9-10-24-57(54)60-58(53)55)56-39-48(33-36-52(56)45-16-5-2-6-17-45)47-30-29-41-15-7-8-18-46(41)37-47/h1-39H. The summed E-state index contributed by atoms with van der Waals surface area (Å²) < 4.78 is 2.62. The van der Waals surface area contributed by atoms with E-state index in [2.05, 4.69) is 241 Å². The molecule has 0 bridgehead atoms. The highest BCUT2D eigenvalue weighted by atomic mass is 32.1. The SMILES string of the molecule is c1ccc(-c2ccc(-c3ccc(N(c4cccc(-c5cccc6c5sc5ccccc56)c4)c4cc(-c5ccc6ccccc6c5)ccc4-c4ccccc4)cc3)cc2)cc1.